The van der Waals surface area contributed by atoms with Crippen LogP contribution in [-0.2, 0) is 17.1 Å². The van der Waals surface area contributed by atoms with Gasteiger partial charge in [0.05, 0.1) is 12.0 Å². The molecule has 0 atom stereocenters. The average Bonchev–Trinajstić information content (AvgIpc) is 2.16. The van der Waals surface area contributed by atoms with E-state index in [1.165, 1.54) is 0 Å². The van der Waals surface area contributed by atoms with Crippen molar-refractivity contribution in [2.75, 3.05) is 0 Å². The third kappa shape index (κ3) is 2.57. The van der Waals surface area contributed by atoms with E-state index in [9.17, 15) is 18.4 Å². The van der Waals surface area contributed by atoms with Crippen LogP contribution in [0.3, 0.4) is 0 Å². The summed E-state index contributed by atoms with van der Waals surface area (Å²) in [7, 11) is 0. The van der Waals surface area contributed by atoms with Crippen LogP contribution in [0.25, 0.3) is 0 Å². The second-order valence-corrected chi connectivity index (χ2v) is 3.31. The Labute approximate surface area is 93.9 Å². The van der Waals surface area contributed by atoms with Crippen LogP contribution in [0.1, 0.15) is 23.1 Å². The number of hydrogen-bond acceptors (Lipinski definition) is 2. The number of aliphatic carboxylic acids is 1. The van der Waals surface area contributed by atoms with Crippen LogP contribution in [0.5, 0.6) is 0 Å². The van der Waals surface area contributed by atoms with Crippen molar-refractivity contribution in [3.63, 3.8) is 0 Å². The minimum absolute atomic E-state index is 0.140. The smallest absolute Gasteiger partial charge is 0.307 e. The summed E-state index contributed by atoms with van der Waals surface area (Å²) >= 11 is 5.48. The second-order valence-electron chi connectivity index (χ2n) is 3.04. The molecule has 88 valence electrons. The molecule has 0 bridgehead atoms. The Bertz CT molecular complexity index is 459. The molecule has 0 saturated heterocycles. The molecule has 0 aromatic carbocycles. The number of aromatic amines is 1. The van der Waals surface area contributed by atoms with Crippen molar-refractivity contribution in [2.45, 2.75) is 18.7 Å². The third-order valence-electron chi connectivity index (χ3n) is 2.03. The summed E-state index contributed by atoms with van der Waals surface area (Å²) in [5, 5.41) is 8.58. The lowest BCUT2D eigenvalue weighted by Gasteiger charge is -2.09. The largest absolute Gasteiger partial charge is 0.481 e. The summed E-state index contributed by atoms with van der Waals surface area (Å²) in [6.07, 6.45) is -2.52. The Morgan fingerprint density at radius 1 is 1.56 bits per heavy atom. The fourth-order valence-corrected chi connectivity index (χ4v) is 1.58. The van der Waals surface area contributed by atoms with Crippen molar-refractivity contribution in [1.82, 2.24) is 4.98 Å². The number of alkyl halides is 3. The summed E-state index contributed by atoms with van der Waals surface area (Å²) in [4.78, 5) is 23.8. The summed E-state index contributed by atoms with van der Waals surface area (Å²) in [6, 6.07) is 0. The predicted octanol–water partition coefficient (Wildman–Crippen LogP) is 1.68. The minimum Gasteiger partial charge on any atom is -0.481 e. The molecular weight excluding hydrogens is 244 g/mol. The Morgan fingerprint density at radius 3 is 2.62 bits per heavy atom. The van der Waals surface area contributed by atoms with E-state index in [0.29, 0.717) is 0 Å². The van der Waals surface area contributed by atoms with E-state index in [-0.39, 0.29) is 17.0 Å². The van der Waals surface area contributed by atoms with Gasteiger partial charge in [-0.1, -0.05) is 0 Å². The first-order valence-electron chi connectivity index (χ1n) is 4.26. The van der Waals surface area contributed by atoms with Gasteiger partial charge in [0.25, 0.3) is 12.0 Å². The number of halogens is 3. The maximum Gasteiger partial charge on any atom is 0.307 e. The highest BCUT2D eigenvalue weighted by molar-refractivity contribution is 6.17. The molecule has 0 amide bonds. The quantitative estimate of drug-likeness (QED) is 0.800. The first kappa shape index (κ1) is 12.6. The maximum absolute atomic E-state index is 12.6. The van der Waals surface area contributed by atoms with E-state index in [4.69, 9.17) is 16.7 Å². The molecule has 0 aliphatic carbocycles. The number of carboxylic acid groups (broad SMARTS) is 1. The van der Waals surface area contributed by atoms with Crippen LogP contribution >= 0.6 is 11.6 Å². The topological polar surface area (TPSA) is 70.2 Å². The molecule has 1 aromatic rings. The standard InChI is InChI=1S/C9H8ClF2NO3/c10-2-4-3-13-9(16)7(8(11)12)5(4)1-6(14)15/h3,8H,1-2H2,(H,13,16)(H,14,15). The molecule has 0 unspecified atom stereocenters. The van der Waals surface area contributed by atoms with Gasteiger partial charge in [-0.2, -0.15) is 0 Å². The molecule has 0 spiro atoms. The second kappa shape index (κ2) is 5.07. The Morgan fingerprint density at radius 2 is 2.19 bits per heavy atom. The van der Waals surface area contributed by atoms with E-state index in [0.717, 1.165) is 6.20 Å². The van der Waals surface area contributed by atoms with Gasteiger partial charge >= 0.3 is 5.97 Å². The van der Waals surface area contributed by atoms with Gasteiger partial charge in [-0.15, -0.1) is 11.6 Å². The van der Waals surface area contributed by atoms with Crippen LogP contribution < -0.4 is 5.56 Å². The van der Waals surface area contributed by atoms with Gasteiger partial charge in [-0.05, 0) is 11.1 Å². The predicted molar refractivity (Wildman–Crippen MR) is 52.9 cm³/mol. The first-order chi connectivity index (χ1) is 7.47. The summed E-state index contributed by atoms with van der Waals surface area (Å²) in [6.45, 7) is 0. The Kier molecular flexibility index (Phi) is 4.00. The molecule has 0 fully saturated rings. The molecule has 7 heteroatoms. The first-order valence-corrected chi connectivity index (χ1v) is 4.80. The van der Waals surface area contributed by atoms with Crippen molar-refractivity contribution in [3.8, 4) is 0 Å². The number of nitrogens with one attached hydrogen (secondary N) is 1. The highest BCUT2D eigenvalue weighted by Crippen LogP contribution is 2.23. The number of H-pyrrole nitrogens is 1. The number of aromatic nitrogens is 1. The van der Waals surface area contributed by atoms with Crippen LogP contribution in [0, 0.1) is 0 Å². The van der Waals surface area contributed by atoms with Crippen molar-refractivity contribution < 1.29 is 18.7 Å². The van der Waals surface area contributed by atoms with Crippen molar-refractivity contribution >= 4 is 17.6 Å². The van der Waals surface area contributed by atoms with Crippen LogP contribution in [0.4, 0.5) is 8.78 Å². The Balaban J connectivity index is 3.42. The molecule has 4 nitrogen and oxygen atoms in total. The van der Waals surface area contributed by atoms with E-state index in [1.54, 1.807) is 0 Å². The SMILES string of the molecule is O=C(O)Cc1c(CCl)c[nH]c(=O)c1C(F)F. The minimum atomic E-state index is -3.03. The van der Waals surface area contributed by atoms with E-state index < -0.39 is 29.9 Å². The summed E-state index contributed by atoms with van der Waals surface area (Å²) in [5.41, 5.74) is -1.82. The lowest BCUT2D eigenvalue weighted by atomic mass is 10.0. The summed E-state index contributed by atoms with van der Waals surface area (Å²) in [5.74, 6) is -1.43. The molecule has 0 radical (unpaired) electrons. The number of carbonyl (C=O) groups is 1. The molecule has 0 aliphatic rings. The van der Waals surface area contributed by atoms with Crippen molar-refractivity contribution in [2.24, 2.45) is 0 Å². The number of hydrogen-bond donors (Lipinski definition) is 2. The van der Waals surface area contributed by atoms with E-state index in [1.807, 2.05) is 0 Å². The molecule has 1 rings (SSSR count). The van der Waals surface area contributed by atoms with E-state index in [2.05, 4.69) is 4.98 Å². The zero-order chi connectivity index (χ0) is 12.3. The van der Waals surface area contributed by atoms with Crippen LogP contribution in [-0.4, -0.2) is 16.1 Å². The van der Waals surface area contributed by atoms with Crippen LogP contribution in [0.15, 0.2) is 11.0 Å². The lowest BCUT2D eigenvalue weighted by molar-refractivity contribution is -0.136. The van der Waals surface area contributed by atoms with Gasteiger partial charge in [0.15, 0.2) is 0 Å². The van der Waals surface area contributed by atoms with Gasteiger partial charge < -0.3 is 10.1 Å². The highest BCUT2D eigenvalue weighted by atomic mass is 35.5. The van der Waals surface area contributed by atoms with Gasteiger partial charge in [0, 0.05) is 12.1 Å². The fraction of sp³-hybridized carbons (Fsp3) is 0.333. The molecule has 2 N–H and O–H groups in total. The summed E-state index contributed by atoms with van der Waals surface area (Å²) < 4.78 is 25.2. The zero-order valence-electron chi connectivity index (χ0n) is 7.97. The van der Waals surface area contributed by atoms with Gasteiger partial charge in [-0.3, -0.25) is 9.59 Å². The maximum atomic E-state index is 12.6. The molecule has 1 heterocycles. The van der Waals surface area contributed by atoms with Crippen molar-refractivity contribution in [1.29, 1.82) is 0 Å². The lowest BCUT2D eigenvalue weighted by Crippen LogP contribution is -2.19. The van der Waals surface area contributed by atoms with E-state index >= 15 is 0 Å². The number of pyridine rings is 1. The van der Waals surface area contributed by atoms with Crippen molar-refractivity contribution in [3.05, 3.63) is 33.2 Å². The Hall–Kier alpha value is -1.43. The zero-order valence-corrected chi connectivity index (χ0v) is 8.72. The third-order valence-corrected chi connectivity index (χ3v) is 2.31. The van der Waals surface area contributed by atoms with Gasteiger partial charge in [-0.25, -0.2) is 8.78 Å². The number of carboxylic acids is 1. The molecule has 16 heavy (non-hydrogen) atoms. The van der Waals surface area contributed by atoms with Gasteiger partial charge in [0.2, 0.25) is 0 Å². The monoisotopic (exact) mass is 251 g/mol. The molecule has 0 saturated carbocycles. The molecule has 0 aliphatic heterocycles. The molecular formula is C9H8ClF2NO3. The molecule has 1 aromatic heterocycles. The average molecular weight is 252 g/mol. The number of rotatable bonds is 4. The highest BCUT2D eigenvalue weighted by Gasteiger charge is 2.21. The fourth-order valence-electron chi connectivity index (χ4n) is 1.34. The van der Waals surface area contributed by atoms with Gasteiger partial charge in [0.1, 0.15) is 0 Å². The van der Waals surface area contributed by atoms with Crippen LogP contribution in [0.2, 0.25) is 0 Å². The normalized spacial score (nSPS) is 10.8.